The van der Waals surface area contributed by atoms with E-state index in [1.165, 1.54) is 5.56 Å². The van der Waals surface area contributed by atoms with Crippen molar-refractivity contribution >= 4 is 5.70 Å². The fourth-order valence-corrected chi connectivity index (χ4v) is 4.33. The van der Waals surface area contributed by atoms with Crippen molar-refractivity contribution in [3.05, 3.63) is 83.3 Å². The predicted octanol–water partition coefficient (Wildman–Crippen LogP) is 1.74. The first-order valence-corrected chi connectivity index (χ1v) is 9.58. The Kier molecular flexibility index (Phi) is 4.88. The van der Waals surface area contributed by atoms with E-state index in [-0.39, 0.29) is 11.6 Å². The number of hydrogen-bond donors (Lipinski definition) is 4. The Labute approximate surface area is 165 Å². The van der Waals surface area contributed by atoms with Crippen LogP contribution < -0.4 is 17.2 Å². The average molecular weight is 377 g/mol. The predicted molar refractivity (Wildman–Crippen MR) is 111 cm³/mol. The summed E-state index contributed by atoms with van der Waals surface area (Å²) in [5.41, 5.74) is 21.4. The molecule has 7 N–H and O–H groups in total. The second kappa shape index (κ2) is 7.48. The van der Waals surface area contributed by atoms with Gasteiger partial charge in [0.05, 0.1) is 5.70 Å². The molecular weight excluding hydrogens is 350 g/mol. The zero-order chi connectivity index (χ0) is 19.7. The molecule has 2 heterocycles. The topological polar surface area (TPSA) is 105 Å². The lowest BCUT2D eigenvalue weighted by Gasteiger charge is -2.36. The summed E-state index contributed by atoms with van der Waals surface area (Å²) >= 11 is 0. The number of para-hydroxylation sites is 1. The maximum Gasteiger partial charge on any atom is 0.124 e. The zero-order valence-corrected chi connectivity index (χ0v) is 15.8. The SMILES string of the molecule is NC(N)=C(/C=C(\N)c1ccccc1O)N1C[C@@H]2CC1CN2Cc1ccccc1. The standard InChI is InChI=1S/C22H27N5O/c23-19(18-8-4-5-9-21(18)28)11-20(22(24)25)27-14-16-10-17(27)13-26(16)12-15-6-2-1-3-7-15/h1-9,11,16-17,28H,10,12-14,23-25H2/b19-11-/t16-,17?/m0/s1. The fourth-order valence-electron chi connectivity index (χ4n) is 4.33. The van der Waals surface area contributed by atoms with Gasteiger partial charge in [0, 0.05) is 43.0 Å². The van der Waals surface area contributed by atoms with Crippen LogP contribution in [0.15, 0.2) is 72.2 Å². The van der Waals surface area contributed by atoms with E-state index in [1.54, 1.807) is 24.3 Å². The molecule has 0 radical (unpaired) electrons. The fraction of sp³-hybridized carbons (Fsp3) is 0.273. The van der Waals surface area contributed by atoms with Crippen molar-refractivity contribution in [3.63, 3.8) is 0 Å². The first kappa shape index (κ1) is 18.3. The normalized spacial score (nSPS) is 21.9. The third kappa shape index (κ3) is 3.51. The minimum Gasteiger partial charge on any atom is -0.507 e. The van der Waals surface area contributed by atoms with E-state index in [9.17, 15) is 5.11 Å². The van der Waals surface area contributed by atoms with Crippen LogP contribution >= 0.6 is 0 Å². The number of phenolic OH excluding ortho intramolecular Hbond substituents is 1. The number of phenols is 1. The third-order valence-electron chi connectivity index (χ3n) is 5.69. The van der Waals surface area contributed by atoms with Crippen LogP contribution in [0.25, 0.3) is 5.70 Å². The number of aromatic hydroxyl groups is 1. The third-order valence-corrected chi connectivity index (χ3v) is 5.69. The molecule has 2 bridgehead atoms. The number of piperazine rings is 1. The largest absolute Gasteiger partial charge is 0.507 e. The van der Waals surface area contributed by atoms with E-state index < -0.39 is 0 Å². The Morgan fingerprint density at radius 3 is 2.32 bits per heavy atom. The zero-order valence-electron chi connectivity index (χ0n) is 15.8. The number of nitrogens with zero attached hydrogens (tertiary/aromatic N) is 2. The van der Waals surface area contributed by atoms with E-state index in [1.807, 2.05) is 12.1 Å². The lowest BCUT2D eigenvalue weighted by atomic mass is 10.1. The highest BCUT2D eigenvalue weighted by Crippen LogP contribution is 2.35. The van der Waals surface area contributed by atoms with Crippen molar-refractivity contribution in [1.29, 1.82) is 0 Å². The minimum absolute atomic E-state index is 0.142. The molecule has 6 nitrogen and oxygen atoms in total. The number of nitrogens with two attached hydrogens (primary N) is 3. The van der Waals surface area contributed by atoms with Gasteiger partial charge in [-0.1, -0.05) is 42.5 Å². The molecule has 2 atom stereocenters. The summed E-state index contributed by atoms with van der Waals surface area (Å²) < 4.78 is 0. The number of hydrogen-bond acceptors (Lipinski definition) is 6. The molecule has 0 aromatic heterocycles. The van der Waals surface area contributed by atoms with Gasteiger partial charge in [0.1, 0.15) is 11.6 Å². The van der Waals surface area contributed by atoms with Gasteiger partial charge < -0.3 is 27.2 Å². The van der Waals surface area contributed by atoms with Crippen LogP contribution in [0, 0.1) is 0 Å². The molecular formula is C22H27N5O. The second-order valence-electron chi connectivity index (χ2n) is 7.57. The van der Waals surface area contributed by atoms with Crippen LogP contribution in [0.1, 0.15) is 17.5 Å². The monoisotopic (exact) mass is 377 g/mol. The maximum absolute atomic E-state index is 10.1. The van der Waals surface area contributed by atoms with E-state index in [2.05, 4.69) is 34.1 Å². The Bertz CT molecular complexity index is 904. The summed E-state index contributed by atoms with van der Waals surface area (Å²) in [4.78, 5) is 4.78. The molecule has 146 valence electrons. The molecule has 2 fully saturated rings. The van der Waals surface area contributed by atoms with Crippen LogP contribution in [-0.2, 0) is 6.54 Å². The molecule has 2 aliphatic heterocycles. The molecule has 4 rings (SSSR count). The van der Waals surface area contributed by atoms with Gasteiger partial charge >= 0.3 is 0 Å². The number of fused-ring (bicyclic) bond motifs is 2. The maximum atomic E-state index is 10.1. The highest BCUT2D eigenvalue weighted by atomic mass is 16.3. The van der Waals surface area contributed by atoms with Crippen LogP contribution in [0.3, 0.4) is 0 Å². The quantitative estimate of drug-likeness (QED) is 0.592. The molecule has 0 aliphatic carbocycles. The number of allylic oxidation sites excluding steroid dienone is 1. The van der Waals surface area contributed by atoms with E-state index in [0.717, 1.165) is 31.8 Å². The molecule has 28 heavy (non-hydrogen) atoms. The Morgan fingerprint density at radius 2 is 1.68 bits per heavy atom. The van der Waals surface area contributed by atoms with Gasteiger partial charge in [0.2, 0.25) is 0 Å². The Balaban J connectivity index is 1.50. The van der Waals surface area contributed by atoms with Gasteiger partial charge in [0.25, 0.3) is 0 Å². The van der Waals surface area contributed by atoms with Gasteiger partial charge in [0.15, 0.2) is 0 Å². The van der Waals surface area contributed by atoms with E-state index in [0.29, 0.717) is 23.3 Å². The first-order valence-electron chi connectivity index (χ1n) is 9.58. The van der Waals surface area contributed by atoms with Crippen molar-refractivity contribution < 1.29 is 5.11 Å². The highest BCUT2D eigenvalue weighted by molar-refractivity contribution is 5.70. The number of rotatable bonds is 5. The highest BCUT2D eigenvalue weighted by Gasteiger charge is 2.43. The number of likely N-dealkylation sites (tertiary alicyclic amines) is 2. The summed E-state index contributed by atoms with van der Waals surface area (Å²) in [7, 11) is 0. The molecule has 6 heteroatoms. The number of benzene rings is 2. The Morgan fingerprint density at radius 1 is 0.964 bits per heavy atom. The summed E-state index contributed by atoms with van der Waals surface area (Å²) in [6, 6.07) is 18.4. The smallest absolute Gasteiger partial charge is 0.124 e. The van der Waals surface area contributed by atoms with Crippen LogP contribution in [0.2, 0.25) is 0 Å². The molecule has 2 aliphatic rings. The molecule has 0 spiro atoms. The molecule has 2 aromatic rings. The minimum atomic E-state index is 0.142. The van der Waals surface area contributed by atoms with Crippen molar-refractivity contribution in [3.8, 4) is 5.75 Å². The average Bonchev–Trinajstić information content (AvgIpc) is 3.27. The van der Waals surface area contributed by atoms with Crippen molar-refractivity contribution in [1.82, 2.24) is 9.80 Å². The molecule has 2 saturated heterocycles. The van der Waals surface area contributed by atoms with E-state index >= 15 is 0 Å². The van der Waals surface area contributed by atoms with E-state index in [4.69, 9.17) is 17.2 Å². The second-order valence-corrected chi connectivity index (χ2v) is 7.57. The summed E-state index contributed by atoms with van der Waals surface area (Å²) in [5.74, 6) is 0.392. The summed E-state index contributed by atoms with van der Waals surface area (Å²) in [6.07, 6.45) is 2.88. The first-order chi connectivity index (χ1) is 13.5. The van der Waals surface area contributed by atoms with Gasteiger partial charge in [-0.05, 0) is 30.2 Å². The lowest BCUT2D eigenvalue weighted by Crippen LogP contribution is -2.46. The van der Waals surface area contributed by atoms with Gasteiger partial charge in [-0.2, -0.15) is 0 Å². The van der Waals surface area contributed by atoms with Crippen LogP contribution in [-0.4, -0.2) is 40.1 Å². The van der Waals surface area contributed by atoms with Crippen LogP contribution in [0.4, 0.5) is 0 Å². The lowest BCUT2D eigenvalue weighted by molar-refractivity contribution is 0.150. The van der Waals surface area contributed by atoms with Gasteiger partial charge in [-0.3, -0.25) is 4.90 Å². The molecule has 0 amide bonds. The summed E-state index contributed by atoms with van der Waals surface area (Å²) in [5, 5.41) is 10.1. The summed E-state index contributed by atoms with van der Waals surface area (Å²) in [6.45, 7) is 2.80. The van der Waals surface area contributed by atoms with Crippen molar-refractivity contribution in [2.24, 2.45) is 17.2 Å². The van der Waals surface area contributed by atoms with Crippen LogP contribution in [0.5, 0.6) is 5.75 Å². The Hall–Kier alpha value is -3.12. The van der Waals surface area contributed by atoms with Crippen molar-refractivity contribution in [2.75, 3.05) is 13.1 Å². The molecule has 2 aromatic carbocycles. The van der Waals surface area contributed by atoms with Crippen molar-refractivity contribution in [2.45, 2.75) is 25.0 Å². The molecule has 1 unspecified atom stereocenters. The van der Waals surface area contributed by atoms with Gasteiger partial charge in [-0.25, -0.2) is 0 Å². The molecule has 0 saturated carbocycles. The van der Waals surface area contributed by atoms with Gasteiger partial charge in [-0.15, -0.1) is 0 Å².